The van der Waals surface area contributed by atoms with Crippen LogP contribution >= 0.6 is 0 Å². The number of phenols is 1. The summed E-state index contributed by atoms with van der Waals surface area (Å²) >= 11 is 0. The highest BCUT2D eigenvalue weighted by Gasteiger charge is 2.69. The van der Waals surface area contributed by atoms with Gasteiger partial charge in [0, 0.05) is 17.4 Å². The second-order valence-electron chi connectivity index (χ2n) is 10.6. The summed E-state index contributed by atoms with van der Waals surface area (Å²) < 4.78 is 11.7. The number of carbonyl (C=O) groups excluding carboxylic acids is 1. The summed E-state index contributed by atoms with van der Waals surface area (Å²) in [4.78, 5) is 12.1. The highest BCUT2D eigenvalue weighted by atomic mass is 16.6. The monoisotopic (exact) mass is 418 g/mol. The molecule has 0 aromatic heterocycles. The van der Waals surface area contributed by atoms with Crippen molar-refractivity contribution in [3.8, 4) is 11.5 Å². The minimum atomic E-state index is -1.42. The third-order valence-electron chi connectivity index (χ3n) is 8.89. The van der Waals surface area contributed by atoms with Crippen molar-refractivity contribution in [2.75, 3.05) is 0 Å². The van der Waals surface area contributed by atoms with Gasteiger partial charge in [0.15, 0.2) is 0 Å². The standard InChI is InChI=1S/C23H30O7/c1-10-5-6-15-21(2,3)18(26)14(25)9-22(15,4)23(10)8-12-13(24)7-11-16(17(12)30-23)20(28)29-19(11)27/h7,10,14-15,18,20,24-26,28H,5-6,8-9H2,1-4H3. The van der Waals surface area contributed by atoms with E-state index >= 15 is 0 Å². The van der Waals surface area contributed by atoms with Crippen molar-refractivity contribution in [1.29, 1.82) is 0 Å². The van der Waals surface area contributed by atoms with Gasteiger partial charge in [0.2, 0.25) is 6.29 Å². The van der Waals surface area contributed by atoms with E-state index in [2.05, 4.69) is 13.8 Å². The molecule has 1 spiro atoms. The van der Waals surface area contributed by atoms with E-state index in [4.69, 9.17) is 9.47 Å². The van der Waals surface area contributed by atoms with E-state index < -0.39 is 40.9 Å². The summed E-state index contributed by atoms with van der Waals surface area (Å²) in [5, 5.41) is 42.6. The molecule has 4 aliphatic rings. The molecule has 0 radical (unpaired) electrons. The number of aliphatic hydroxyl groups is 3. The second-order valence-corrected chi connectivity index (χ2v) is 10.6. The first-order chi connectivity index (χ1) is 13.9. The lowest BCUT2D eigenvalue weighted by Gasteiger charge is -2.64. The molecule has 2 heterocycles. The van der Waals surface area contributed by atoms with Crippen molar-refractivity contribution < 1.29 is 34.7 Å². The molecule has 164 valence electrons. The molecule has 4 N–H and O–H groups in total. The Labute approximate surface area is 175 Å². The van der Waals surface area contributed by atoms with Crippen molar-refractivity contribution in [3.63, 3.8) is 0 Å². The summed E-state index contributed by atoms with van der Waals surface area (Å²) in [6.45, 7) is 8.24. The molecule has 0 saturated heterocycles. The molecule has 5 rings (SSSR count). The predicted octanol–water partition coefficient (Wildman–Crippen LogP) is 2.43. The van der Waals surface area contributed by atoms with Crippen LogP contribution in [-0.4, -0.2) is 44.2 Å². The van der Waals surface area contributed by atoms with Gasteiger partial charge >= 0.3 is 5.97 Å². The Morgan fingerprint density at radius 3 is 2.53 bits per heavy atom. The van der Waals surface area contributed by atoms with Gasteiger partial charge in [-0.1, -0.05) is 27.7 Å². The number of rotatable bonds is 0. The lowest BCUT2D eigenvalue weighted by atomic mass is 9.43. The molecule has 30 heavy (non-hydrogen) atoms. The van der Waals surface area contributed by atoms with Crippen LogP contribution in [0.1, 0.15) is 74.7 Å². The summed E-state index contributed by atoms with van der Waals surface area (Å²) in [6, 6.07) is 1.35. The number of benzene rings is 1. The van der Waals surface area contributed by atoms with Gasteiger partial charge in [0.1, 0.15) is 17.1 Å². The zero-order valence-electron chi connectivity index (χ0n) is 17.8. The maximum absolute atomic E-state index is 12.1. The summed E-state index contributed by atoms with van der Waals surface area (Å²) in [7, 11) is 0. The van der Waals surface area contributed by atoms with Crippen LogP contribution in [0.3, 0.4) is 0 Å². The van der Waals surface area contributed by atoms with Crippen LogP contribution in [0.2, 0.25) is 0 Å². The molecule has 2 aliphatic heterocycles. The van der Waals surface area contributed by atoms with E-state index in [9.17, 15) is 25.2 Å². The Kier molecular flexibility index (Phi) is 3.95. The second kappa shape index (κ2) is 5.90. The minimum Gasteiger partial charge on any atom is -0.508 e. The van der Waals surface area contributed by atoms with E-state index in [0.717, 1.165) is 12.8 Å². The largest absolute Gasteiger partial charge is 0.508 e. The number of hydrogen-bond donors (Lipinski definition) is 4. The first-order valence-electron chi connectivity index (χ1n) is 10.8. The van der Waals surface area contributed by atoms with E-state index in [-0.39, 0.29) is 28.7 Å². The lowest BCUT2D eigenvalue weighted by molar-refractivity contribution is -0.240. The van der Waals surface area contributed by atoms with E-state index in [1.54, 1.807) is 0 Å². The van der Waals surface area contributed by atoms with Crippen molar-refractivity contribution in [3.05, 3.63) is 22.8 Å². The Hall–Kier alpha value is -1.83. The Bertz CT molecular complexity index is 940. The van der Waals surface area contributed by atoms with Gasteiger partial charge in [0.25, 0.3) is 0 Å². The number of carbonyl (C=O) groups is 1. The first kappa shape index (κ1) is 20.1. The predicted molar refractivity (Wildman–Crippen MR) is 106 cm³/mol. The van der Waals surface area contributed by atoms with Gasteiger partial charge < -0.3 is 29.9 Å². The van der Waals surface area contributed by atoms with Crippen LogP contribution < -0.4 is 4.74 Å². The van der Waals surface area contributed by atoms with Gasteiger partial charge in [-0.25, -0.2) is 4.79 Å². The average molecular weight is 418 g/mol. The fraction of sp³-hybridized carbons (Fsp3) is 0.696. The third-order valence-corrected chi connectivity index (χ3v) is 8.89. The van der Waals surface area contributed by atoms with Crippen molar-refractivity contribution in [2.24, 2.45) is 22.7 Å². The van der Waals surface area contributed by atoms with E-state index in [1.165, 1.54) is 6.07 Å². The summed E-state index contributed by atoms with van der Waals surface area (Å²) in [5.74, 6) is -0.199. The van der Waals surface area contributed by atoms with Crippen LogP contribution in [0, 0.1) is 22.7 Å². The molecule has 7 unspecified atom stereocenters. The molecule has 0 amide bonds. The molecule has 2 saturated carbocycles. The molecule has 7 heteroatoms. The Morgan fingerprint density at radius 2 is 1.83 bits per heavy atom. The fourth-order valence-corrected chi connectivity index (χ4v) is 7.28. The number of cyclic esters (lactones) is 1. The zero-order valence-corrected chi connectivity index (χ0v) is 17.8. The van der Waals surface area contributed by atoms with Crippen molar-refractivity contribution in [1.82, 2.24) is 0 Å². The quantitative estimate of drug-likeness (QED) is 0.478. The molecular formula is C23H30O7. The number of aliphatic hydroxyl groups excluding tert-OH is 3. The van der Waals surface area contributed by atoms with Crippen molar-refractivity contribution in [2.45, 2.75) is 77.5 Å². The number of esters is 1. The minimum absolute atomic E-state index is 0.0414. The topological polar surface area (TPSA) is 116 Å². The molecule has 0 bridgehead atoms. The van der Waals surface area contributed by atoms with Gasteiger partial charge in [-0.2, -0.15) is 0 Å². The van der Waals surface area contributed by atoms with Crippen LogP contribution in [-0.2, 0) is 11.2 Å². The molecule has 2 aliphatic carbocycles. The van der Waals surface area contributed by atoms with E-state index in [0.29, 0.717) is 24.2 Å². The van der Waals surface area contributed by atoms with Crippen LogP contribution in [0.4, 0.5) is 0 Å². The van der Waals surface area contributed by atoms with Gasteiger partial charge in [-0.05, 0) is 42.6 Å². The number of aromatic hydroxyl groups is 1. The molecule has 1 aromatic carbocycles. The van der Waals surface area contributed by atoms with E-state index in [1.807, 2.05) is 13.8 Å². The molecule has 2 fully saturated rings. The highest BCUT2D eigenvalue weighted by Crippen LogP contribution is 2.67. The summed E-state index contributed by atoms with van der Waals surface area (Å²) in [6.07, 6.45) is -0.557. The maximum Gasteiger partial charge on any atom is 0.341 e. The number of phenolic OH excluding ortho intramolecular Hbond substituents is 1. The molecule has 7 nitrogen and oxygen atoms in total. The molecule has 7 atom stereocenters. The van der Waals surface area contributed by atoms with Gasteiger partial charge in [-0.3, -0.25) is 0 Å². The molecular weight excluding hydrogens is 388 g/mol. The SMILES string of the molecule is CC1CCC2C(C)(C)C(O)C(O)CC2(C)C12Cc1c(O)cc3c(c1O2)C(O)OC3=O. The van der Waals surface area contributed by atoms with Crippen LogP contribution in [0.5, 0.6) is 11.5 Å². The smallest absolute Gasteiger partial charge is 0.341 e. The number of hydrogen-bond acceptors (Lipinski definition) is 7. The lowest BCUT2D eigenvalue weighted by Crippen LogP contribution is -2.69. The highest BCUT2D eigenvalue weighted by molar-refractivity contribution is 5.96. The van der Waals surface area contributed by atoms with Crippen LogP contribution in [0.25, 0.3) is 0 Å². The van der Waals surface area contributed by atoms with Crippen LogP contribution in [0.15, 0.2) is 6.07 Å². The van der Waals surface area contributed by atoms with Gasteiger partial charge in [0.05, 0.1) is 23.3 Å². The zero-order chi connectivity index (χ0) is 21.8. The Morgan fingerprint density at radius 1 is 1.13 bits per heavy atom. The number of ether oxygens (including phenoxy) is 2. The first-order valence-corrected chi connectivity index (χ1v) is 10.8. The third kappa shape index (κ3) is 2.18. The normalized spacial score (nSPS) is 43.6. The summed E-state index contributed by atoms with van der Waals surface area (Å²) in [5.41, 5.74) is -0.772. The fourth-order valence-electron chi connectivity index (χ4n) is 7.28. The van der Waals surface area contributed by atoms with Crippen molar-refractivity contribution >= 4 is 5.97 Å². The number of fused-ring (bicyclic) bond motifs is 5. The maximum atomic E-state index is 12.1. The Balaban J connectivity index is 1.68. The molecule has 1 aromatic rings. The van der Waals surface area contributed by atoms with Gasteiger partial charge in [-0.15, -0.1) is 0 Å². The average Bonchev–Trinajstić information content (AvgIpc) is 3.18.